The Morgan fingerprint density at radius 3 is 2.81 bits per heavy atom. The van der Waals surface area contributed by atoms with Gasteiger partial charge in [0.15, 0.2) is 11.6 Å². The molecule has 0 aliphatic carbocycles. The van der Waals surface area contributed by atoms with E-state index in [2.05, 4.69) is 10.1 Å². The minimum atomic E-state index is 0.349. The Kier molecular flexibility index (Phi) is 3.31. The lowest BCUT2D eigenvalue weighted by Crippen LogP contribution is -1.92. The number of ether oxygens (including phenoxy) is 1. The molecule has 0 unspecified atom stereocenters. The van der Waals surface area contributed by atoms with E-state index in [1.807, 2.05) is 43.3 Å². The molecule has 3 aromatic rings. The van der Waals surface area contributed by atoms with Crippen molar-refractivity contribution in [2.75, 3.05) is 12.8 Å². The topological polar surface area (TPSA) is 74.2 Å². The van der Waals surface area contributed by atoms with Crippen molar-refractivity contribution < 1.29 is 9.26 Å². The van der Waals surface area contributed by atoms with Gasteiger partial charge in [-0.25, -0.2) is 4.98 Å². The van der Waals surface area contributed by atoms with Crippen LogP contribution in [0.1, 0.15) is 5.56 Å². The first-order valence-electron chi connectivity index (χ1n) is 6.52. The van der Waals surface area contributed by atoms with E-state index in [0.29, 0.717) is 17.5 Å². The standard InChI is InChI=1S/C16H15N3O2/c1-10-5-3-6-11(9-10)13-14(21-19-15(13)17)12-7-4-8-18-16(12)20-2/h3-9H,1-2H3,(H2,17,19). The summed E-state index contributed by atoms with van der Waals surface area (Å²) >= 11 is 0. The van der Waals surface area contributed by atoms with Crippen LogP contribution in [0.3, 0.4) is 0 Å². The van der Waals surface area contributed by atoms with Crippen LogP contribution in [-0.2, 0) is 0 Å². The fraction of sp³-hybridized carbons (Fsp3) is 0.125. The summed E-state index contributed by atoms with van der Waals surface area (Å²) in [6.45, 7) is 2.03. The number of rotatable bonds is 3. The molecule has 0 amide bonds. The molecule has 0 bridgehead atoms. The van der Waals surface area contributed by atoms with Gasteiger partial charge in [0.25, 0.3) is 0 Å². The molecular formula is C16H15N3O2. The van der Waals surface area contributed by atoms with Gasteiger partial charge in [0.1, 0.15) is 0 Å². The van der Waals surface area contributed by atoms with Gasteiger partial charge in [0.05, 0.1) is 18.2 Å². The monoisotopic (exact) mass is 281 g/mol. The van der Waals surface area contributed by atoms with Gasteiger partial charge >= 0.3 is 0 Å². The van der Waals surface area contributed by atoms with Crippen LogP contribution < -0.4 is 10.5 Å². The molecule has 5 heteroatoms. The summed E-state index contributed by atoms with van der Waals surface area (Å²) in [5.41, 5.74) is 9.55. The summed E-state index contributed by atoms with van der Waals surface area (Å²) < 4.78 is 10.7. The number of anilines is 1. The van der Waals surface area contributed by atoms with E-state index >= 15 is 0 Å². The van der Waals surface area contributed by atoms with Crippen LogP contribution in [0.15, 0.2) is 47.1 Å². The molecule has 3 rings (SSSR count). The van der Waals surface area contributed by atoms with Crippen molar-refractivity contribution >= 4 is 5.82 Å². The van der Waals surface area contributed by atoms with Crippen LogP contribution in [0.4, 0.5) is 5.82 Å². The smallest absolute Gasteiger partial charge is 0.224 e. The highest BCUT2D eigenvalue weighted by Crippen LogP contribution is 2.39. The van der Waals surface area contributed by atoms with Crippen molar-refractivity contribution in [3.8, 4) is 28.3 Å². The second kappa shape index (κ2) is 5.28. The van der Waals surface area contributed by atoms with Gasteiger partial charge < -0.3 is 15.0 Å². The number of hydrogen-bond donors (Lipinski definition) is 1. The summed E-state index contributed by atoms with van der Waals surface area (Å²) in [6.07, 6.45) is 1.66. The number of hydrogen-bond acceptors (Lipinski definition) is 5. The number of aromatic nitrogens is 2. The summed E-state index contributed by atoms with van der Waals surface area (Å²) in [7, 11) is 1.57. The van der Waals surface area contributed by atoms with Gasteiger partial charge in [-0.1, -0.05) is 35.0 Å². The maximum atomic E-state index is 5.99. The number of benzene rings is 1. The van der Waals surface area contributed by atoms with Crippen LogP contribution in [-0.4, -0.2) is 17.3 Å². The number of nitrogen functional groups attached to an aromatic ring is 1. The van der Waals surface area contributed by atoms with E-state index in [0.717, 1.165) is 22.3 Å². The summed E-state index contributed by atoms with van der Waals surface area (Å²) in [5, 5.41) is 3.89. The average Bonchev–Trinajstić information content (AvgIpc) is 2.88. The molecule has 2 aromatic heterocycles. The van der Waals surface area contributed by atoms with Crippen LogP contribution in [0.5, 0.6) is 5.88 Å². The maximum Gasteiger partial charge on any atom is 0.224 e. The highest BCUT2D eigenvalue weighted by molar-refractivity contribution is 5.88. The molecular weight excluding hydrogens is 266 g/mol. The molecule has 1 aromatic carbocycles. The lowest BCUT2D eigenvalue weighted by molar-refractivity contribution is 0.393. The van der Waals surface area contributed by atoms with Gasteiger partial charge in [-0.2, -0.15) is 0 Å². The Labute approximate surface area is 122 Å². The molecule has 106 valence electrons. The molecule has 0 aliphatic rings. The summed E-state index contributed by atoms with van der Waals surface area (Å²) in [6, 6.07) is 11.7. The molecule has 21 heavy (non-hydrogen) atoms. The predicted octanol–water partition coefficient (Wildman–Crippen LogP) is 3.30. The number of pyridine rings is 1. The molecule has 0 saturated carbocycles. The van der Waals surface area contributed by atoms with E-state index in [9.17, 15) is 0 Å². The van der Waals surface area contributed by atoms with Crippen LogP contribution >= 0.6 is 0 Å². The Morgan fingerprint density at radius 1 is 1.19 bits per heavy atom. The second-order valence-electron chi connectivity index (χ2n) is 4.70. The maximum absolute atomic E-state index is 5.99. The number of aryl methyl sites for hydroxylation is 1. The van der Waals surface area contributed by atoms with Crippen molar-refractivity contribution in [3.05, 3.63) is 48.2 Å². The highest BCUT2D eigenvalue weighted by atomic mass is 16.5. The first kappa shape index (κ1) is 13.2. The van der Waals surface area contributed by atoms with Gasteiger partial charge in [-0.15, -0.1) is 0 Å². The lowest BCUT2D eigenvalue weighted by atomic mass is 10.0. The van der Waals surface area contributed by atoms with Gasteiger partial charge in [0, 0.05) is 6.20 Å². The second-order valence-corrected chi connectivity index (χ2v) is 4.70. The van der Waals surface area contributed by atoms with Crippen LogP contribution in [0.25, 0.3) is 22.5 Å². The molecule has 0 saturated heterocycles. The van der Waals surface area contributed by atoms with Gasteiger partial charge in [-0.3, -0.25) is 0 Å². The van der Waals surface area contributed by atoms with Gasteiger partial charge in [0.2, 0.25) is 5.88 Å². The SMILES string of the molecule is COc1ncccc1-c1onc(N)c1-c1cccc(C)c1. The minimum Gasteiger partial charge on any atom is -0.480 e. The molecule has 5 nitrogen and oxygen atoms in total. The number of methoxy groups -OCH3 is 1. The minimum absolute atomic E-state index is 0.349. The zero-order chi connectivity index (χ0) is 14.8. The van der Waals surface area contributed by atoms with Crippen molar-refractivity contribution in [1.29, 1.82) is 0 Å². The van der Waals surface area contributed by atoms with E-state index in [4.69, 9.17) is 15.0 Å². The average molecular weight is 281 g/mol. The molecule has 0 fully saturated rings. The largest absolute Gasteiger partial charge is 0.480 e. The molecule has 2 heterocycles. The molecule has 0 aliphatic heterocycles. The van der Waals surface area contributed by atoms with Crippen molar-refractivity contribution in [3.63, 3.8) is 0 Å². The quantitative estimate of drug-likeness (QED) is 0.797. The van der Waals surface area contributed by atoms with Crippen LogP contribution in [0.2, 0.25) is 0 Å². The zero-order valence-electron chi connectivity index (χ0n) is 11.8. The highest BCUT2D eigenvalue weighted by Gasteiger charge is 2.21. The Morgan fingerprint density at radius 2 is 2.05 bits per heavy atom. The third kappa shape index (κ3) is 2.33. The van der Waals surface area contributed by atoms with Crippen molar-refractivity contribution in [2.45, 2.75) is 6.92 Å². The van der Waals surface area contributed by atoms with E-state index in [1.54, 1.807) is 13.3 Å². The lowest BCUT2D eigenvalue weighted by Gasteiger charge is -2.07. The fourth-order valence-electron chi connectivity index (χ4n) is 2.29. The number of nitrogens with two attached hydrogens (primary N) is 1. The van der Waals surface area contributed by atoms with Gasteiger partial charge in [-0.05, 0) is 24.6 Å². The Balaban J connectivity index is 2.22. The predicted molar refractivity (Wildman–Crippen MR) is 80.9 cm³/mol. The van der Waals surface area contributed by atoms with Crippen LogP contribution in [0, 0.1) is 6.92 Å². The summed E-state index contributed by atoms with van der Waals surface area (Å²) in [5.74, 6) is 1.38. The normalized spacial score (nSPS) is 10.6. The Bertz CT molecular complexity index is 781. The first-order chi connectivity index (χ1) is 10.2. The first-order valence-corrected chi connectivity index (χ1v) is 6.52. The zero-order valence-corrected chi connectivity index (χ0v) is 11.8. The van der Waals surface area contributed by atoms with Crippen molar-refractivity contribution in [1.82, 2.24) is 10.1 Å². The molecule has 0 spiro atoms. The van der Waals surface area contributed by atoms with E-state index in [-0.39, 0.29) is 0 Å². The summed E-state index contributed by atoms with van der Waals surface area (Å²) in [4.78, 5) is 4.18. The molecule has 2 N–H and O–H groups in total. The Hall–Kier alpha value is -2.82. The molecule has 0 radical (unpaired) electrons. The van der Waals surface area contributed by atoms with E-state index in [1.165, 1.54) is 0 Å². The number of nitrogens with zero attached hydrogens (tertiary/aromatic N) is 2. The third-order valence-corrected chi connectivity index (χ3v) is 3.23. The molecule has 0 atom stereocenters. The van der Waals surface area contributed by atoms with E-state index < -0.39 is 0 Å². The third-order valence-electron chi connectivity index (χ3n) is 3.23. The van der Waals surface area contributed by atoms with Crippen molar-refractivity contribution in [2.24, 2.45) is 0 Å². The fourth-order valence-corrected chi connectivity index (χ4v) is 2.29.